The maximum Gasteiger partial charge on any atom is 0.336 e. The number of aromatic carboxylic acids is 1. The molecule has 0 aromatic heterocycles. The minimum Gasteiger partial charge on any atom is -0.478 e. The van der Waals surface area contributed by atoms with Crippen LogP contribution in [0.2, 0.25) is 0 Å². The van der Waals surface area contributed by atoms with Crippen LogP contribution in [0.3, 0.4) is 0 Å². The summed E-state index contributed by atoms with van der Waals surface area (Å²) in [7, 11) is 0. The van der Waals surface area contributed by atoms with E-state index in [1.165, 1.54) is 12.1 Å². The highest BCUT2D eigenvalue weighted by Gasteiger charge is 2.14. The number of nitrogen functional groups attached to an aromatic ring is 1. The first-order valence-corrected chi connectivity index (χ1v) is 4.35. The number of primary amides is 1. The second-order valence-electron chi connectivity index (χ2n) is 2.59. The fourth-order valence-corrected chi connectivity index (χ4v) is 1.48. The van der Waals surface area contributed by atoms with Crippen LogP contribution < -0.4 is 11.5 Å². The predicted octanol–water partition coefficient (Wildman–Crippen LogP) is 0.828. The summed E-state index contributed by atoms with van der Waals surface area (Å²) in [4.78, 5) is 21.5. The largest absolute Gasteiger partial charge is 0.478 e. The second kappa shape index (κ2) is 3.67. The molecule has 0 aliphatic carbocycles. The molecule has 14 heavy (non-hydrogen) atoms. The molecule has 1 aromatic rings. The third kappa shape index (κ3) is 1.85. The van der Waals surface area contributed by atoms with E-state index in [0.717, 1.165) is 0 Å². The van der Waals surface area contributed by atoms with Gasteiger partial charge in [-0.1, -0.05) is 0 Å². The monoisotopic (exact) mass is 258 g/mol. The lowest BCUT2D eigenvalue weighted by Crippen LogP contribution is -2.14. The van der Waals surface area contributed by atoms with Gasteiger partial charge in [-0.15, -0.1) is 0 Å². The molecule has 0 aliphatic heterocycles. The number of anilines is 1. The average Bonchev–Trinajstić information content (AvgIpc) is 2.07. The maximum atomic E-state index is 10.8. The summed E-state index contributed by atoms with van der Waals surface area (Å²) in [5.74, 6) is -1.82. The topological polar surface area (TPSA) is 106 Å². The molecule has 1 amide bonds. The van der Waals surface area contributed by atoms with Gasteiger partial charge in [0.1, 0.15) is 0 Å². The van der Waals surface area contributed by atoms with Gasteiger partial charge in [0.15, 0.2) is 0 Å². The molecule has 0 fully saturated rings. The number of carbonyl (C=O) groups is 2. The van der Waals surface area contributed by atoms with Crippen LogP contribution in [-0.4, -0.2) is 17.0 Å². The van der Waals surface area contributed by atoms with E-state index < -0.39 is 11.9 Å². The number of rotatable bonds is 2. The van der Waals surface area contributed by atoms with Gasteiger partial charge in [0.05, 0.1) is 11.1 Å². The number of carboxylic acids is 1. The molecule has 0 radical (unpaired) electrons. The average molecular weight is 259 g/mol. The Morgan fingerprint density at radius 2 is 1.86 bits per heavy atom. The Hall–Kier alpha value is -1.56. The Morgan fingerprint density at radius 3 is 2.29 bits per heavy atom. The molecule has 0 spiro atoms. The molecule has 0 saturated carbocycles. The first-order valence-electron chi connectivity index (χ1n) is 3.55. The van der Waals surface area contributed by atoms with E-state index in [4.69, 9.17) is 16.6 Å². The number of nitrogens with two attached hydrogens (primary N) is 2. The zero-order valence-electron chi connectivity index (χ0n) is 6.95. The van der Waals surface area contributed by atoms with Crippen molar-refractivity contribution in [2.75, 3.05) is 5.73 Å². The van der Waals surface area contributed by atoms with Gasteiger partial charge in [-0.05, 0) is 28.1 Å². The van der Waals surface area contributed by atoms with E-state index in [-0.39, 0.29) is 21.3 Å². The van der Waals surface area contributed by atoms with Crippen LogP contribution in [0.15, 0.2) is 16.6 Å². The van der Waals surface area contributed by atoms with Gasteiger partial charge in [0, 0.05) is 10.2 Å². The summed E-state index contributed by atoms with van der Waals surface area (Å²) in [6.07, 6.45) is 0. The third-order valence-corrected chi connectivity index (χ3v) is 2.29. The van der Waals surface area contributed by atoms with Crippen LogP contribution in [0.5, 0.6) is 0 Å². The predicted molar refractivity (Wildman–Crippen MR) is 54.0 cm³/mol. The molecule has 0 saturated heterocycles. The van der Waals surface area contributed by atoms with Gasteiger partial charge in [-0.2, -0.15) is 0 Å². The van der Waals surface area contributed by atoms with Crippen molar-refractivity contribution in [2.45, 2.75) is 0 Å². The van der Waals surface area contributed by atoms with Crippen LogP contribution in [0, 0.1) is 0 Å². The number of amides is 1. The molecule has 0 heterocycles. The summed E-state index contributed by atoms with van der Waals surface area (Å²) < 4.78 is 0.271. The van der Waals surface area contributed by atoms with Crippen molar-refractivity contribution < 1.29 is 14.7 Å². The van der Waals surface area contributed by atoms with Crippen molar-refractivity contribution >= 4 is 33.5 Å². The number of carbonyl (C=O) groups excluding carboxylic acids is 1. The van der Waals surface area contributed by atoms with E-state index in [1.54, 1.807) is 0 Å². The normalized spacial score (nSPS) is 9.79. The van der Waals surface area contributed by atoms with Crippen LogP contribution in [0.25, 0.3) is 0 Å². The minimum atomic E-state index is -1.13. The SMILES string of the molecule is NC(=O)c1cc(Br)c(C(=O)O)cc1N. The smallest absolute Gasteiger partial charge is 0.336 e. The number of carboxylic acid groups (broad SMARTS) is 1. The summed E-state index contributed by atoms with van der Waals surface area (Å²) >= 11 is 3.01. The van der Waals surface area contributed by atoms with Crippen LogP contribution >= 0.6 is 15.9 Å². The molecule has 0 unspecified atom stereocenters. The lowest BCUT2D eigenvalue weighted by Gasteiger charge is -2.05. The van der Waals surface area contributed by atoms with Gasteiger partial charge in [0.2, 0.25) is 0 Å². The van der Waals surface area contributed by atoms with Gasteiger partial charge in [-0.25, -0.2) is 4.79 Å². The van der Waals surface area contributed by atoms with Crippen LogP contribution in [0.4, 0.5) is 5.69 Å². The van der Waals surface area contributed by atoms with Crippen molar-refractivity contribution in [3.63, 3.8) is 0 Å². The van der Waals surface area contributed by atoms with Crippen LogP contribution in [0.1, 0.15) is 20.7 Å². The Morgan fingerprint density at radius 1 is 1.29 bits per heavy atom. The van der Waals surface area contributed by atoms with E-state index in [0.29, 0.717) is 0 Å². The van der Waals surface area contributed by atoms with E-state index >= 15 is 0 Å². The molecule has 1 aromatic carbocycles. The molecule has 0 aliphatic rings. The molecule has 74 valence electrons. The van der Waals surface area contributed by atoms with Crippen molar-refractivity contribution in [3.8, 4) is 0 Å². The Kier molecular flexibility index (Phi) is 2.76. The molecular formula is C8H7BrN2O3. The van der Waals surface area contributed by atoms with E-state index in [1.807, 2.05) is 0 Å². The highest BCUT2D eigenvalue weighted by Crippen LogP contribution is 2.23. The number of hydrogen-bond acceptors (Lipinski definition) is 3. The molecule has 1 rings (SSSR count). The van der Waals surface area contributed by atoms with Crippen molar-refractivity contribution in [2.24, 2.45) is 5.73 Å². The summed E-state index contributed by atoms with van der Waals surface area (Å²) in [5.41, 5.74) is 10.6. The molecular weight excluding hydrogens is 252 g/mol. The van der Waals surface area contributed by atoms with Gasteiger partial charge >= 0.3 is 5.97 Å². The summed E-state index contributed by atoms with van der Waals surface area (Å²) in [6, 6.07) is 2.48. The lowest BCUT2D eigenvalue weighted by atomic mass is 10.1. The van der Waals surface area contributed by atoms with E-state index in [2.05, 4.69) is 15.9 Å². The lowest BCUT2D eigenvalue weighted by molar-refractivity contribution is 0.0695. The van der Waals surface area contributed by atoms with Gasteiger partial charge in [-0.3, -0.25) is 4.79 Å². The standard InChI is InChI=1S/C8H7BrN2O3/c9-5-1-4(7(11)12)6(10)2-3(5)8(13)14/h1-2H,10H2,(H2,11,12)(H,13,14). The van der Waals surface area contributed by atoms with Crippen molar-refractivity contribution in [3.05, 3.63) is 27.7 Å². The number of hydrogen-bond donors (Lipinski definition) is 3. The molecule has 0 atom stereocenters. The number of benzene rings is 1. The van der Waals surface area contributed by atoms with E-state index in [9.17, 15) is 9.59 Å². The Bertz CT molecular complexity index is 378. The quantitative estimate of drug-likeness (QED) is 0.683. The highest BCUT2D eigenvalue weighted by molar-refractivity contribution is 9.10. The fourth-order valence-electron chi connectivity index (χ4n) is 0.967. The van der Waals surface area contributed by atoms with Gasteiger partial charge < -0.3 is 16.6 Å². The highest BCUT2D eigenvalue weighted by atomic mass is 79.9. The first kappa shape index (κ1) is 10.5. The molecule has 5 nitrogen and oxygen atoms in total. The molecule has 5 N–H and O–H groups in total. The third-order valence-electron chi connectivity index (χ3n) is 1.64. The second-order valence-corrected chi connectivity index (χ2v) is 3.44. The summed E-state index contributed by atoms with van der Waals surface area (Å²) in [5, 5.41) is 8.72. The zero-order valence-corrected chi connectivity index (χ0v) is 8.54. The molecule has 6 heteroatoms. The zero-order chi connectivity index (χ0) is 10.9. The minimum absolute atomic E-state index is 0.00694. The van der Waals surface area contributed by atoms with Crippen molar-refractivity contribution in [1.82, 2.24) is 0 Å². The molecule has 0 bridgehead atoms. The number of halogens is 1. The van der Waals surface area contributed by atoms with Gasteiger partial charge in [0.25, 0.3) is 5.91 Å². The maximum absolute atomic E-state index is 10.8. The Balaban J connectivity index is 3.38. The Labute approximate surface area is 87.8 Å². The fraction of sp³-hybridized carbons (Fsp3) is 0. The van der Waals surface area contributed by atoms with Crippen LogP contribution in [-0.2, 0) is 0 Å². The van der Waals surface area contributed by atoms with Crippen molar-refractivity contribution in [1.29, 1.82) is 0 Å². The summed E-state index contributed by atoms with van der Waals surface area (Å²) in [6.45, 7) is 0. The first-order chi connectivity index (χ1) is 6.43.